The zero-order valence-electron chi connectivity index (χ0n) is 11.7. The van der Waals surface area contributed by atoms with E-state index >= 15 is 0 Å². The molecule has 4 heteroatoms. The minimum atomic E-state index is -0.384. The van der Waals surface area contributed by atoms with Crippen molar-refractivity contribution in [2.75, 3.05) is 4.90 Å². The highest BCUT2D eigenvalue weighted by molar-refractivity contribution is 5.90. The summed E-state index contributed by atoms with van der Waals surface area (Å²) >= 11 is 0. The number of para-hydroxylation sites is 2. The number of benzene rings is 2. The Morgan fingerprint density at radius 1 is 1.14 bits per heavy atom. The molecule has 1 amide bonds. The van der Waals surface area contributed by atoms with Gasteiger partial charge in [-0.1, -0.05) is 36.4 Å². The smallest absolute Gasteiger partial charge is 0.303 e. The summed E-state index contributed by atoms with van der Waals surface area (Å²) in [5.74, 6) is -0.327. The molecule has 3 rings (SSSR count). The van der Waals surface area contributed by atoms with E-state index in [4.69, 9.17) is 4.74 Å². The van der Waals surface area contributed by atoms with Gasteiger partial charge in [-0.05, 0) is 17.7 Å². The molecule has 0 radical (unpaired) electrons. The van der Waals surface area contributed by atoms with Crippen LogP contribution in [0.25, 0.3) is 0 Å². The van der Waals surface area contributed by atoms with E-state index in [0.29, 0.717) is 6.42 Å². The molecule has 1 atom stereocenters. The number of fused-ring (bicyclic) bond motifs is 2. The van der Waals surface area contributed by atoms with Crippen molar-refractivity contribution in [3.8, 4) is 0 Å². The summed E-state index contributed by atoms with van der Waals surface area (Å²) in [5, 5.41) is 0. The van der Waals surface area contributed by atoms with Gasteiger partial charge in [0, 0.05) is 18.9 Å². The first-order valence-electron chi connectivity index (χ1n) is 6.79. The second-order valence-electron chi connectivity index (χ2n) is 4.97. The quantitative estimate of drug-likeness (QED) is 0.627. The first-order valence-corrected chi connectivity index (χ1v) is 6.79. The minimum absolute atomic E-state index is 0.327. The molecule has 2 aromatic carbocycles. The zero-order valence-corrected chi connectivity index (χ0v) is 11.7. The summed E-state index contributed by atoms with van der Waals surface area (Å²) in [6.07, 6.45) is 0.968. The van der Waals surface area contributed by atoms with Gasteiger partial charge in [0.1, 0.15) is 6.10 Å². The van der Waals surface area contributed by atoms with Gasteiger partial charge in [-0.2, -0.15) is 0 Å². The molecule has 4 nitrogen and oxygen atoms in total. The average Bonchev–Trinajstić information content (AvgIpc) is 2.61. The molecule has 1 heterocycles. The van der Waals surface area contributed by atoms with Gasteiger partial charge in [0.2, 0.25) is 6.41 Å². The lowest BCUT2D eigenvalue weighted by molar-refractivity contribution is -0.146. The van der Waals surface area contributed by atoms with Crippen molar-refractivity contribution in [3.63, 3.8) is 0 Å². The van der Waals surface area contributed by atoms with Gasteiger partial charge in [-0.15, -0.1) is 0 Å². The van der Waals surface area contributed by atoms with E-state index in [0.717, 1.165) is 28.9 Å². The molecule has 0 aromatic heterocycles. The molecule has 106 valence electrons. The Hall–Kier alpha value is -2.62. The van der Waals surface area contributed by atoms with Crippen molar-refractivity contribution < 1.29 is 14.3 Å². The molecule has 0 saturated carbocycles. The van der Waals surface area contributed by atoms with Crippen LogP contribution in [0.3, 0.4) is 0 Å². The summed E-state index contributed by atoms with van der Waals surface area (Å²) in [6, 6.07) is 15.2. The lowest BCUT2D eigenvalue weighted by Gasteiger charge is -2.20. The highest BCUT2D eigenvalue weighted by atomic mass is 16.5. The number of esters is 1. The standard InChI is InChI=1S/C17H15NO3/c1-12(20)21-17-10-13-6-2-4-8-15(13)18(11-19)16-9-5-3-7-14(16)17/h2-9,11,17H,10H2,1H3. The topological polar surface area (TPSA) is 46.6 Å². The third-order valence-electron chi connectivity index (χ3n) is 3.61. The molecular weight excluding hydrogens is 266 g/mol. The number of anilines is 2. The zero-order chi connectivity index (χ0) is 14.8. The molecule has 21 heavy (non-hydrogen) atoms. The lowest BCUT2D eigenvalue weighted by atomic mass is 10.0. The molecule has 0 fully saturated rings. The Labute approximate surface area is 123 Å². The number of carbonyl (C=O) groups excluding carboxylic acids is 2. The second-order valence-corrected chi connectivity index (χ2v) is 4.97. The van der Waals surface area contributed by atoms with Gasteiger partial charge in [-0.25, -0.2) is 0 Å². The van der Waals surface area contributed by atoms with Crippen LogP contribution in [0.5, 0.6) is 0 Å². The number of hydrogen-bond donors (Lipinski definition) is 0. The number of amides is 1. The predicted molar refractivity (Wildman–Crippen MR) is 79.3 cm³/mol. The third kappa shape index (κ3) is 2.40. The normalized spacial score (nSPS) is 16.4. The highest BCUT2D eigenvalue weighted by Gasteiger charge is 2.27. The Kier molecular flexibility index (Phi) is 3.44. The van der Waals surface area contributed by atoms with Crippen LogP contribution in [0, 0.1) is 0 Å². The van der Waals surface area contributed by atoms with Crippen molar-refractivity contribution in [2.45, 2.75) is 19.4 Å². The average molecular weight is 281 g/mol. The molecular formula is C17H15NO3. The summed E-state index contributed by atoms with van der Waals surface area (Å²) in [7, 11) is 0. The summed E-state index contributed by atoms with van der Waals surface area (Å²) in [4.78, 5) is 24.6. The van der Waals surface area contributed by atoms with Crippen molar-refractivity contribution >= 4 is 23.8 Å². The molecule has 1 aliphatic heterocycles. The van der Waals surface area contributed by atoms with Crippen LogP contribution >= 0.6 is 0 Å². The number of nitrogens with zero attached hydrogens (tertiary/aromatic N) is 1. The van der Waals surface area contributed by atoms with Gasteiger partial charge in [0.05, 0.1) is 11.4 Å². The first-order chi connectivity index (χ1) is 10.2. The van der Waals surface area contributed by atoms with Gasteiger partial charge in [-0.3, -0.25) is 14.5 Å². The monoisotopic (exact) mass is 281 g/mol. The van der Waals surface area contributed by atoms with Gasteiger partial charge < -0.3 is 4.74 Å². The lowest BCUT2D eigenvalue weighted by Crippen LogP contribution is -2.16. The SMILES string of the molecule is CC(=O)OC1Cc2ccccc2N(C=O)c2ccccc21. The predicted octanol–water partition coefficient (Wildman–Crippen LogP) is 3.14. The Morgan fingerprint density at radius 3 is 2.52 bits per heavy atom. The molecule has 2 aromatic rings. The largest absolute Gasteiger partial charge is 0.457 e. The van der Waals surface area contributed by atoms with E-state index in [-0.39, 0.29) is 12.1 Å². The number of carbonyl (C=O) groups is 2. The van der Waals surface area contributed by atoms with Crippen LogP contribution in [0.2, 0.25) is 0 Å². The van der Waals surface area contributed by atoms with Crippen molar-refractivity contribution in [1.29, 1.82) is 0 Å². The Morgan fingerprint density at radius 2 is 1.81 bits per heavy atom. The van der Waals surface area contributed by atoms with E-state index in [1.807, 2.05) is 48.5 Å². The van der Waals surface area contributed by atoms with Gasteiger partial charge >= 0.3 is 5.97 Å². The van der Waals surface area contributed by atoms with Gasteiger partial charge in [0.25, 0.3) is 0 Å². The van der Waals surface area contributed by atoms with Crippen molar-refractivity contribution in [1.82, 2.24) is 0 Å². The maximum Gasteiger partial charge on any atom is 0.303 e. The van der Waals surface area contributed by atoms with Crippen LogP contribution in [-0.2, 0) is 20.7 Å². The van der Waals surface area contributed by atoms with E-state index in [9.17, 15) is 9.59 Å². The minimum Gasteiger partial charge on any atom is -0.457 e. The van der Waals surface area contributed by atoms with Gasteiger partial charge in [0.15, 0.2) is 0 Å². The van der Waals surface area contributed by atoms with Crippen LogP contribution in [0.15, 0.2) is 48.5 Å². The Balaban J connectivity index is 2.20. The maximum absolute atomic E-state index is 11.6. The summed E-state index contributed by atoms with van der Waals surface area (Å²) in [6.45, 7) is 1.40. The van der Waals surface area contributed by atoms with Crippen LogP contribution in [0.4, 0.5) is 11.4 Å². The molecule has 0 aliphatic carbocycles. The van der Waals surface area contributed by atoms with Crippen LogP contribution in [-0.4, -0.2) is 12.4 Å². The fourth-order valence-corrected chi connectivity index (χ4v) is 2.76. The molecule has 1 unspecified atom stereocenters. The fraction of sp³-hybridized carbons (Fsp3) is 0.176. The van der Waals surface area contributed by atoms with Crippen molar-refractivity contribution in [2.24, 2.45) is 0 Å². The number of ether oxygens (including phenoxy) is 1. The van der Waals surface area contributed by atoms with Crippen LogP contribution < -0.4 is 4.90 Å². The number of rotatable bonds is 2. The molecule has 1 aliphatic rings. The molecule has 0 bridgehead atoms. The summed E-state index contributed by atoms with van der Waals surface area (Å²) in [5.41, 5.74) is 3.40. The van der Waals surface area contributed by atoms with Crippen molar-refractivity contribution in [3.05, 3.63) is 59.7 Å². The van der Waals surface area contributed by atoms with E-state index in [1.165, 1.54) is 6.92 Å². The number of hydrogen-bond acceptors (Lipinski definition) is 3. The fourth-order valence-electron chi connectivity index (χ4n) is 2.76. The first kappa shape index (κ1) is 13.4. The third-order valence-corrected chi connectivity index (χ3v) is 3.61. The molecule has 0 saturated heterocycles. The van der Waals surface area contributed by atoms with Crippen LogP contribution in [0.1, 0.15) is 24.2 Å². The molecule has 0 spiro atoms. The maximum atomic E-state index is 11.6. The second kappa shape index (κ2) is 5.40. The Bertz CT molecular complexity index is 696. The highest BCUT2D eigenvalue weighted by Crippen LogP contribution is 2.40. The van der Waals surface area contributed by atoms with E-state index < -0.39 is 0 Å². The summed E-state index contributed by atoms with van der Waals surface area (Å²) < 4.78 is 5.47. The van der Waals surface area contributed by atoms with E-state index in [2.05, 4.69) is 0 Å². The molecule has 0 N–H and O–H groups in total. The van der Waals surface area contributed by atoms with E-state index in [1.54, 1.807) is 4.90 Å².